The Kier molecular flexibility index (Phi) is 3.74. The smallest absolute Gasteiger partial charge is 0.419 e. The van der Waals surface area contributed by atoms with Crippen LogP contribution in [0.5, 0.6) is 0 Å². The predicted molar refractivity (Wildman–Crippen MR) is 62.5 cm³/mol. The van der Waals surface area contributed by atoms with Gasteiger partial charge in [0.05, 0.1) is 5.56 Å². The number of hydrogen-bond acceptors (Lipinski definition) is 3. The van der Waals surface area contributed by atoms with Crippen molar-refractivity contribution >= 4 is 11.8 Å². The van der Waals surface area contributed by atoms with Gasteiger partial charge in [0.2, 0.25) is 0 Å². The van der Waals surface area contributed by atoms with Crippen LogP contribution >= 0.6 is 0 Å². The minimum Gasteiger partial charge on any atom is -0.446 e. The molecule has 0 saturated heterocycles. The van der Waals surface area contributed by atoms with Crippen LogP contribution in [-0.4, -0.2) is 18.2 Å². The maximum absolute atomic E-state index is 13.1. The fraction of sp³-hybridized carbons (Fsp3) is 0.417. The van der Waals surface area contributed by atoms with Crippen molar-refractivity contribution in [2.45, 2.75) is 31.2 Å². The van der Waals surface area contributed by atoms with E-state index in [0.29, 0.717) is 12.8 Å². The maximum atomic E-state index is 13.1. The van der Waals surface area contributed by atoms with Crippen molar-refractivity contribution in [3.63, 3.8) is 0 Å². The normalized spacial score (nSPS) is 22.0. The number of amides is 1. The van der Waals surface area contributed by atoms with E-state index in [4.69, 9.17) is 10.5 Å². The molecule has 110 valence electrons. The summed E-state index contributed by atoms with van der Waals surface area (Å²) in [7, 11) is 0. The molecule has 1 aromatic rings. The largest absolute Gasteiger partial charge is 0.446 e. The number of nitrogens with one attached hydrogen (secondary N) is 1. The van der Waals surface area contributed by atoms with Crippen LogP contribution in [0.4, 0.5) is 28.0 Å². The summed E-state index contributed by atoms with van der Waals surface area (Å²) >= 11 is 0. The number of nitrogens with two attached hydrogens (primary N) is 1. The van der Waals surface area contributed by atoms with Gasteiger partial charge in [0.15, 0.2) is 0 Å². The van der Waals surface area contributed by atoms with E-state index in [0.717, 1.165) is 12.1 Å². The average Bonchev–Trinajstić information content (AvgIpc) is 2.26. The second-order valence-corrected chi connectivity index (χ2v) is 4.56. The van der Waals surface area contributed by atoms with Gasteiger partial charge in [0, 0.05) is 24.6 Å². The number of hydrogen-bond donors (Lipinski definition) is 2. The Morgan fingerprint density at radius 2 is 2.00 bits per heavy atom. The first-order valence-electron chi connectivity index (χ1n) is 5.85. The van der Waals surface area contributed by atoms with Crippen molar-refractivity contribution in [3.8, 4) is 0 Å². The van der Waals surface area contributed by atoms with Gasteiger partial charge < -0.3 is 15.8 Å². The average molecular weight is 292 g/mol. The first kappa shape index (κ1) is 14.4. The van der Waals surface area contributed by atoms with Gasteiger partial charge in [-0.05, 0) is 18.2 Å². The Bertz CT molecular complexity index is 513. The molecule has 0 unspecified atom stereocenters. The summed E-state index contributed by atoms with van der Waals surface area (Å²) in [6, 6.07) is 2.58. The highest BCUT2D eigenvalue weighted by Crippen LogP contribution is 2.34. The number of carbonyl (C=O) groups is 1. The monoisotopic (exact) mass is 292 g/mol. The molecule has 2 rings (SSSR count). The molecule has 0 radical (unpaired) electrons. The van der Waals surface area contributed by atoms with Gasteiger partial charge in [-0.25, -0.2) is 9.18 Å². The van der Waals surface area contributed by atoms with Gasteiger partial charge in [-0.2, -0.15) is 13.2 Å². The van der Waals surface area contributed by atoms with E-state index in [9.17, 15) is 22.4 Å². The number of benzene rings is 1. The zero-order chi connectivity index (χ0) is 14.9. The molecule has 0 atom stereocenters. The predicted octanol–water partition coefficient (Wildman–Crippen LogP) is 2.88. The van der Waals surface area contributed by atoms with E-state index in [-0.39, 0.29) is 17.8 Å². The number of primary amides is 1. The third-order valence-corrected chi connectivity index (χ3v) is 3.02. The molecule has 0 heterocycles. The Morgan fingerprint density at radius 3 is 2.55 bits per heavy atom. The van der Waals surface area contributed by atoms with Gasteiger partial charge in [0.1, 0.15) is 11.9 Å². The quantitative estimate of drug-likeness (QED) is 0.842. The number of anilines is 1. The number of alkyl halides is 3. The van der Waals surface area contributed by atoms with Crippen molar-refractivity contribution in [2.75, 3.05) is 5.32 Å². The standard InChI is InChI=1S/C12H12F4N2O2/c13-10-2-1-6(5-9(10)12(14,15)16)18-7-3-8(4-7)20-11(17)19/h1-2,5,7-8,18H,3-4H2,(H2,17,19). The van der Waals surface area contributed by atoms with Crippen LogP contribution in [0, 0.1) is 5.82 Å². The molecule has 4 nitrogen and oxygen atoms in total. The molecule has 0 spiro atoms. The second kappa shape index (κ2) is 5.18. The number of rotatable bonds is 3. The lowest BCUT2D eigenvalue weighted by Crippen LogP contribution is -2.42. The molecule has 3 N–H and O–H groups in total. The van der Waals surface area contributed by atoms with Crippen molar-refractivity contribution < 1.29 is 27.1 Å². The topological polar surface area (TPSA) is 64.4 Å². The van der Waals surface area contributed by atoms with E-state index >= 15 is 0 Å². The number of ether oxygens (including phenoxy) is 1. The van der Waals surface area contributed by atoms with E-state index in [1.54, 1.807) is 0 Å². The van der Waals surface area contributed by atoms with Crippen molar-refractivity contribution in [1.29, 1.82) is 0 Å². The van der Waals surface area contributed by atoms with Crippen LogP contribution < -0.4 is 11.1 Å². The lowest BCUT2D eigenvalue weighted by atomic mass is 9.89. The van der Waals surface area contributed by atoms with Crippen LogP contribution in [0.15, 0.2) is 18.2 Å². The highest BCUT2D eigenvalue weighted by atomic mass is 19.4. The molecular formula is C12H12F4N2O2. The summed E-state index contributed by atoms with van der Waals surface area (Å²) in [5.74, 6) is -1.31. The highest BCUT2D eigenvalue weighted by molar-refractivity contribution is 5.65. The summed E-state index contributed by atoms with van der Waals surface area (Å²) in [6.07, 6.45) is -5.05. The molecular weight excluding hydrogens is 280 g/mol. The van der Waals surface area contributed by atoms with Crippen molar-refractivity contribution in [2.24, 2.45) is 5.73 Å². The molecule has 1 aliphatic rings. The Hall–Kier alpha value is -1.99. The van der Waals surface area contributed by atoms with Gasteiger partial charge >= 0.3 is 12.3 Å². The molecule has 0 bridgehead atoms. The van der Waals surface area contributed by atoms with Gasteiger partial charge in [-0.3, -0.25) is 0 Å². The summed E-state index contributed by atoms with van der Waals surface area (Å²) < 4.78 is 55.4. The SMILES string of the molecule is NC(=O)OC1CC(Nc2ccc(F)c(C(F)(F)F)c2)C1. The van der Waals surface area contributed by atoms with Crippen molar-refractivity contribution in [3.05, 3.63) is 29.6 Å². The van der Waals surface area contributed by atoms with E-state index in [1.807, 2.05) is 0 Å². The minimum atomic E-state index is -4.74. The van der Waals surface area contributed by atoms with Crippen molar-refractivity contribution in [1.82, 2.24) is 0 Å². The number of halogens is 4. The Labute approximate surface area is 111 Å². The van der Waals surface area contributed by atoms with Crippen LogP contribution in [0.3, 0.4) is 0 Å². The molecule has 20 heavy (non-hydrogen) atoms. The number of carbonyl (C=O) groups excluding carboxylic acids is 1. The fourth-order valence-corrected chi connectivity index (χ4v) is 2.01. The molecule has 0 aliphatic heterocycles. The molecule has 0 aromatic heterocycles. The fourth-order valence-electron chi connectivity index (χ4n) is 2.01. The zero-order valence-corrected chi connectivity index (χ0v) is 10.2. The first-order chi connectivity index (χ1) is 9.25. The van der Waals surface area contributed by atoms with E-state index in [1.165, 1.54) is 6.07 Å². The Morgan fingerprint density at radius 1 is 1.35 bits per heavy atom. The lowest BCUT2D eigenvalue weighted by Gasteiger charge is -2.35. The molecule has 1 fully saturated rings. The van der Waals surface area contributed by atoms with Gasteiger partial charge in [-0.15, -0.1) is 0 Å². The summed E-state index contributed by atoms with van der Waals surface area (Å²) in [4.78, 5) is 10.5. The first-order valence-corrected chi connectivity index (χ1v) is 5.85. The Balaban J connectivity index is 1.97. The third-order valence-electron chi connectivity index (χ3n) is 3.02. The zero-order valence-electron chi connectivity index (χ0n) is 10.2. The van der Waals surface area contributed by atoms with Crippen LogP contribution in [0.25, 0.3) is 0 Å². The van der Waals surface area contributed by atoms with Crippen LogP contribution in [0.2, 0.25) is 0 Å². The molecule has 1 aromatic carbocycles. The van der Waals surface area contributed by atoms with Gasteiger partial charge in [0.25, 0.3) is 0 Å². The molecule has 8 heteroatoms. The summed E-state index contributed by atoms with van der Waals surface area (Å²) in [5, 5.41) is 2.82. The molecule has 1 amide bonds. The maximum Gasteiger partial charge on any atom is 0.419 e. The summed E-state index contributed by atoms with van der Waals surface area (Å²) in [5.41, 5.74) is 3.69. The summed E-state index contributed by atoms with van der Waals surface area (Å²) in [6.45, 7) is 0. The highest BCUT2D eigenvalue weighted by Gasteiger charge is 2.35. The third kappa shape index (κ3) is 3.31. The van der Waals surface area contributed by atoms with E-state index in [2.05, 4.69) is 5.32 Å². The molecule has 1 saturated carbocycles. The van der Waals surface area contributed by atoms with E-state index < -0.39 is 23.7 Å². The molecule has 1 aliphatic carbocycles. The van der Waals surface area contributed by atoms with Gasteiger partial charge in [-0.1, -0.05) is 0 Å². The van der Waals surface area contributed by atoms with Crippen LogP contribution in [0.1, 0.15) is 18.4 Å². The second-order valence-electron chi connectivity index (χ2n) is 4.56. The van der Waals surface area contributed by atoms with Crippen LogP contribution in [-0.2, 0) is 10.9 Å². The minimum absolute atomic E-state index is 0.133. The lowest BCUT2D eigenvalue weighted by molar-refractivity contribution is -0.139.